The van der Waals surface area contributed by atoms with E-state index in [-0.39, 0.29) is 0 Å². The molecule has 0 aliphatic heterocycles. The average molecular weight is 176 g/mol. The Bertz CT molecular complexity index is 260. The minimum atomic E-state index is 0.890. The van der Waals surface area contributed by atoms with Crippen LogP contribution in [0, 0.1) is 5.92 Å². The molecule has 1 fully saturated rings. The first-order valence-electron chi connectivity index (χ1n) is 4.33. The van der Waals surface area contributed by atoms with Crippen molar-refractivity contribution in [3.63, 3.8) is 0 Å². The molecule has 0 nitrogen and oxygen atoms in total. The van der Waals surface area contributed by atoms with Crippen LogP contribution in [0.3, 0.4) is 0 Å². The van der Waals surface area contributed by atoms with Gasteiger partial charge in [-0.15, -0.1) is 0 Å². The molecule has 0 aromatic heterocycles. The van der Waals surface area contributed by atoms with E-state index in [1.807, 2.05) is 11.8 Å². The van der Waals surface area contributed by atoms with Crippen LogP contribution in [0.5, 0.6) is 0 Å². The van der Waals surface area contributed by atoms with Gasteiger partial charge in [0, 0.05) is 4.90 Å². The molecule has 62 valence electrons. The van der Waals surface area contributed by atoms with E-state index in [2.05, 4.69) is 41.8 Å². The number of hydrogen-bond donors (Lipinski definition) is 0. The van der Waals surface area contributed by atoms with E-state index in [0.717, 1.165) is 5.92 Å². The summed E-state index contributed by atoms with van der Waals surface area (Å²) in [6.07, 6.45) is 5.11. The molecule has 1 saturated carbocycles. The van der Waals surface area contributed by atoms with Gasteiger partial charge in [-0.2, -0.15) is 0 Å². The van der Waals surface area contributed by atoms with Crippen molar-refractivity contribution in [1.82, 2.24) is 0 Å². The van der Waals surface area contributed by atoms with Gasteiger partial charge in [-0.25, -0.2) is 0 Å². The maximum absolute atomic E-state index is 2.32. The highest BCUT2D eigenvalue weighted by Crippen LogP contribution is 2.31. The van der Waals surface area contributed by atoms with E-state index in [0.29, 0.717) is 0 Å². The highest BCUT2D eigenvalue weighted by atomic mass is 32.2. The summed E-state index contributed by atoms with van der Waals surface area (Å²) in [5.41, 5.74) is 0. The third-order valence-electron chi connectivity index (χ3n) is 1.92. The quantitative estimate of drug-likeness (QED) is 0.633. The first kappa shape index (κ1) is 7.93. The first-order chi connectivity index (χ1) is 5.95. The van der Waals surface area contributed by atoms with E-state index in [9.17, 15) is 0 Å². The third-order valence-corrected chi connectivity index (χ3v) is 2.76. The Morgan fingerprint density at radius 2 is 1.92 bits per heavy atom. The van der Waals surface area contributed by atoms with Gasteiger partial charge in [0.2, 0.25) is 0 Å². The maximum atomic E-state index is 2.32. The molecule has 1 aliphatic rings. The molecule has 0 bridgehead atoms. The lowest BCUT2D eigenvalue weighted by Gasteiger charge is -1.92. The molecule has 1 heteroatoms. The second-order valence-electron chi connectivity index (χ2n) is 3.10. The zero-order valence-corrected chi connectivity index (χ0v) is 7.76. The third kappa shape index (κ3) is 2.42. The van der Waals surface area contributed by atoms with Gasteiger partial charge in [0.05, 0.1) is 0 Å². The molecule has 12 heavy (non-hydrogen) atoms. The van der Waals surface area contributed by atoms with Crippen LogP contribution in [0.4, 0.5) is 0 Å². The lowest BCUT2D eigenvalue weighted by atomic mass is 10.4. The van der Waals surface area contributed by atoms with E-state index >= 15 is 0 Å². The highest BCUT2D eigenvalue weighted by Gasteiger charge is 2.16. The molecule has 0 amide bonds. The zero-order chi connectivity index (χ0) is 8.23. The van der Waals surface area contributed by atoms with E-state index in [1.165, 1.54) is 17.7 Å². The summed E-state index contributed by atoms with van der Waals surface area (Å²) >= 11 is 1.81. The van der Waals surface area contributed by atoms with Crippen molar-refractivity contribution in [2.24, 2.45) is 5.92 Å². The predicted molar refractivity (Wildman–Crippen MR) is 54.2 cm³/mol. The molecule has 0 unspecified atom stereocenters. The van der Waals surface area contributed by atoms with Crippen molar-refractivity contribution >= 4 is 11.8 Å². The Morgan fingerprint density at radius 3 is 2.58 bits per heavy atom. The molecule has 1 aliphatic carbocycles. The van der Waals surface area contributed by atoms with Crippen molar-refractivity contribution in [3.8, 4) is 0 Å². The lowest BCUT2D eigenvalue weighted by Crippen LogP contribution is -1.65. The van der Waals surface area contributed by atoms with Gasteiger partial charge >= 0.3 is 0 Å². The number of allylic oxidation sites excluding steroid dienone is 1. The van der Waals surface area contributed by atoms with Crippen LogP contribution in [-0.4, -0.2) is 0 Å². The van der Waals surface area contributed by atoms with Crippen molar-refractivity contribution in [1.29, 1.82) is 0 Å². The molecule has 0 saturated heterocycles. The summed E-state index contributed by atoms with van der Waals surface area (Å²) < 4.78 is 0. The summed E-state index contributed by atoms with van der Waals surface area (Å²) in [7, 11) is 0. The van der Waals surface area contributed by atoms with Crippen LogP contribution < -0.4 is 0 Å². The summed E-state index contributed by atoms with van der Waals surface area (Å²) in [5.74, 6) is 0.890. The van der Waals surface area contributed by atoms with Crippen molar-refractivity contribution in [3.05, 3.63) is 41.8 Å². The Morgan fingerprint density at radius 1 is 1.17 bits per heavy atom. The highest BCUT2D eigenvalue weighted by molar-refractivity contribution is 8.02. The molecule has 0 radical (unpaired) electrons. The molecule has 1 aromatic carbocycles. The molecular formula is C11H12S. The molecule has 0 N–H and O–H groups in total. The van der Waals surface area contributed by atoms with E-state index < -0.39 is 0 Å². The normalized spacial score (nSPS) is 17.0. The second kappa shape index (κ2) is 3.81. The summed E-state index contributed by atoms with van der Waals surface area (Å²) in [6.45, 7) is 0. The maximum Gasteiger partial charge on any atom is 0.0116 e. The number of benzene rings is 1. The standard InChI is InChI=1S/C11H12S/c1-2-4-11(5-3-1)12-9-8-10-6-7-10/h1-5,8-10H,6-7H2. The van der Waals surface area contributed by atoms with Crippen LogP contribution in [0.1, 0.15) is 12.8 Å². The SMILES string of the molecule is C(=CC1CC1)Sc1ccccc1. The minimum Gasteiger partial charge on any atom is -0.0984 e. The van der Waals surface area contributed by atoms with Crippen molar-refractivity contribution in [2.75, 3.05) is 0 Å². The van der Waals surface area contributed by atoms with Crippen LogP contribution in [-0.2, 0) is 0 Å². The average Bonchev–Trinajstić information content (AvgIpc) is 2.90. The molecule has 0 atom stereocenters. The van der Waals surface area contributed by atoms with Gasteiger partial charge in [0.15, 0.2) is 0 Å². The smallest absolute Gasteiger partial charge is 0.0116 e. The Balaban J connectivity index is 1.86. The summed E-state index contributed by atoms with van der Waals surface area (Å²) in [4.78, 5) is 1.33. The molecule has 0 spiro atoms. The van der Waals surface area contributed by atoms with Crippen LogP contribution in [0.15, 0.2) is 46.7 Å². The predicted octanol–water partition coefficient (Wildman–Crippen LogP) is 3.70. The Hall–Kier alpha value is -0.690. The van der Waals surface area contributed by atoms with Crippen molar-refractivity contribution in [2.45, 2.75) is 17.7 Å². The fourth-order valence-corrected chi connectivity index (χ4v) is 1.79. The number of thioether (sulfide) groups is 1. The fourth-order valence-electron chi connectivity index (χ4n) is 1.02. The first-order valence-corrected chi connectivity index (χ1v) is 5.21. The van der Waals surface area contributed by atoms with Crippen molar-refractivity contribution < 1.29 is 0 Å². The topological polar surface area (TPSA) is 0 Å². The fraction of sp³-hybridized carbons (Fsp3) is 0.273. The van der Waals surface area contributed by atoms with Gasteiger partial charge in [-0.3, -0.25) is 0 Å². The van der Waals surface area contributed by atoms with Gasteiger partial charge in [-0.1, -0.05) is 36.0 Å². The largest absolute Gasteiger partial charge is 0.0984 e. The summed E-state index contributed by atoms with van der Waals surface area (Å²) in [6, 6.07) is 10.5. The van der Waals surface area contributed by atoms with E-state index in [1.54, 1.807) is 0 Å². The van der Waals surface area contributed by atoms with Crippen LogP contribution in [0.25, 0.3) is 0 Å². The van der Waals surface area contributed by atoms with Gasteiger partial charge in [0.1, 0.15) is 0 Å². The zero-order valence-electron chi connectivity index (χ0n) is 6.94. The van der Waals surface area contributed by atoms with Crippen LogP contribution in [0.2, 0.25) is 0 Å². The Labute approximate surface area is 77.7 Å². The van der Waals surface area contributed by atoms with Crippen LogP contribution >= 0.6 is 11.8 Å². The molecule has 1 aromatic rings. The molecular weight excluding hydrogens is 164 g/mol. The van der Waals surface area contributed by atoms with Gasteiger partial charge in [0.25, 0.3) is 0 Å². The van der Waals surface area contributed by atoms with Gasteiger partial charge in [-0.05, 0) is 36.3 Å². The van der Waals surface area contributed by atoms with Gasteiger partial charge < -0.3 is 0 Å². The monoisotopic (exact) mass is 176 g/mol. The number of rotatable bonds is 3. The molecule has 0 heterocycles. The Kier molecular flexibility index (Phi) is 2.52. The summed E-state index contributed by atoms with van der Waals surface area (Å²) in [5, 5.41) is 2.22. The molecule has 2 rings (SSSR count). The minimum absolute atomic E-state index is 0.890. The lowest BCUT2D eigenvalue weighted by molar-refractivity contribution is 1.13. The van der Waals surface area contributed by atoms with E-state index in [4.69, 9.17) is 0 Å². The number of hydrogen-bond acceptors (Lipinski definition) is 1. The second-order valence-corrected chi connectivity index (χ2v) is 4.08.